The second kappa shape index (κ2) is 6.84. The van der Waals surface area contributed by atoms with Crippen LogP contribution in [0.5, 0.6) is 5.88 Å². The van der Waals surface area contributed by atoms with E-state index in [0.717, 1.165) is 23.7 Å². The zero-order valence-electron chi connectivity index (χ0n) is 11.8. The molecular formula is C15H19N3O2. The molecule has 5 nitrogen and oxygen atoms in total. The standard InChI is InChI=1S/C15H19N3O2/c1-3-6-11(2)18-14(19)9-20-15-12-7-4-5-8-13(12)16-10-17-15/h4-5,7-8,10-11H,3,6,9H2,1-2H3,(H,18,19)/t11-/m0/s1. The fraction of sp³-hybridized carbons (Fsp3) is 0.400. The van der Waals surface area contributed by atoms with Crippen molar-refractivity contribution in [3.05, 3.63) is 30.6 Å². The van der Waals surface area contributed by atoms with Crippen LogP contribution in [0.15, 0.2) is 30.6 Å². The van der Waals surface area contributed by atoms with Gasteiger partial charge in [-0.1, -0.05) is 25.5 Å². The highest BCUT2D eigenvalue weighted by Crippen LogP contribution is 2.20. The van der Waals surface area contributed by atoms with Gasteiger partial charge in [-0.2, -0.15) is 0 Å². The summed E-state index contributed by atoms with van der Waals surface area (Å²) in [6.45, 7) is 4.04. The first kappa shape index (κ1) is 14.2. The second-order valence-electron chi connectivity index (χ2n) is 4.74. The summed E-state index contributed by atoms with van der Waals surface area (Å²) in [5.74, 6) is 0.308. The minimum Gasteiger partial charge on any atom is -0.467 e. The Morgan fingerprint density at radius 3 is 2.95 bits per heavy atom. The van der Waals surface area contributed by atoms with Crippen LogP contribution in [0.2, 0.25) is 0 Å². The number of nitrogens with one attached hydrogen (secondary N) is 1. The number of para-hydroxylation sites is 1. The van der Waals surface area contributed by atoms with E-state index in [9.17, 15) is 4.79 Å². The normalized spacial score (nSPS) is 12.1. The second-order valence-corrected chi connectivity index (χ2v) is 4.74. The van der Waals surface area contributed by atoms with Gasteiger partial charge in [-0.3, -0.25) is 4.79 Å². The van der Waals surface area contributed by atoms with Crippen LogP contribution in [-0.4, -0.2) is 28.5 Å². The van der Waals surface area contributed by atoms with Crippen LogP contribution in [0.4, 0.5) is 0 Å². The maximum Gasteiger partial charge on any atom is 0.258 e. The third kappa shape index (κ3) is 3.66. The van der Waals surface area contributed by atoms with E-state index < -0.39 is 0 Å². The molecule has 5 heteroatoms. The Balaban J connectivity index is 1.97. The smallest absolute Gasteiger partial charge is 0.258 e. The van der Waals surface area contributed by atoms with E-state index >= 15 is 0 Å². The highest BCUT2D eigenvalue weighted by atomic mass is 16.5. The molecule has 0 aliphatic carbocycles. The molecule has 1 N–H and O–H groups in total. The lowest BCUT2D eigenvalue weighted by atomic mass is 10.2. The van der Waals surface area contributed by atoms with Crippen LogP contribution in [0.1, 0.15) is 26.7 Å². The van der Waals surface area contributed by atoms with Crippen LogP contribution >= 0.6 is 0 Å². The Hall–Kier alpha value is -2.17. The molecule has 0 spiro atoms. The first-order valence-corrected chi connectivity index (χ1v) is 6.82. The van der Waals surface area contributed by atoms with Crippen molar-refractivity contribution in [2.75, 3.05) is 6.61 Å². The fourth-order valence-electron chi connectivity index (χ4n) is 2.05. The van der Waals surface area contributed by atoms with Crippen LogP contribution in [0.3, 0.4) is 0 Å². The summed E-state index contributed by atoms with van der Waals surface area (Å²) in [6.07, 6.45) is 3.44. The summed E-state index contributed by atoms with van der Waals surface area (Å²) >= 11 is 0. The number of hydrogen-bond donors (Lipinski definition) is 1. The third-order valence-electron chi connectivity index (χ3n) is 2.98. The lowest BCUT2D eigenvalue weighted by Crippen LogP contribution is -2.36. The van der Waals surface area contributed by atoms with E-state index in [1.165, 1.54) is 6.33 Å². The van der Waals surface area contributed by atoms with Gasteiger partial charge in [0.15, 0.2) is 6.61 Å². The molecule has 1 atom stereocenters. The van der Waals surface area contributed by atoms with Crippen molar-refractivity contribution in [1.82, 2.24) is 15.3 Å². The molecule has 1 amide bonds. The minimum atomic E-state index is -0.131. The van der Waals surface area contributed by atoms with E-state index in [1.807, 2.05) is 31.2 Å². The number of carbonyl (C=O) groups is 1. The molecule has 0 unspecified atom stereocenters. The first-order chi connectivity index (χ1) is 9.70. The SMILES string of the molecule is CCC[C@H](C)NC(=O)COc1ncnc2ccccc12. The van der Waals surface area contributed by atoms with Crippen molar-refractivity contribution in [3.63, 3.8) is 0 Å². The van der Waals surface area contributed by atoms with Gasteiger partial charge >= 0.3 is 0 Å². The average molecular weight is 273 g/mol. The van der Waals surface area contributed by atoms with E-state index in [2.05, 4.69) is 22.2 Å². The van der Waals surface area contributed by atoms with Crippen LogP contribution in [-0.2, 0) is 4.79 Å². The number of rotatable bonds is 6. The quantitative estimate of drug-likeness (QED) is 0.877. The molecule has 1 aromatic heterocycles. The lowest BCUT2D eigenvalue weighted by molar-refractivity contribution is -0.123. The van der Waals surface area contributed by atoms with E-state index in [4.69, 9.17) is 4.74 Å². The van der Waals surface area contributed by atoms with E-state index in [0.29, 0.717) is 5.88 Å². The maximum atomic E-state index is 11.8. The molecule has 1 aromatic carbocycles. The molecule has 0 radical (unpaired) electrons. The van der Waals surface area contributed by atoms with Gasteiger partial charge in [0, 0.05) is 6.04 Å². The molecule has 0 fully saturated rings. The van der Waals surface area contributed by atoms with Gasteiger partial charge in [0.05, 0.1) is 10.9 Å². The summed E-state index contributed by atoms with van der Waals surface area (Å²) in [7, 11) is 0. The van der Waals surface area contributed by atoms with Gasteiger partial charge in [0.25, 0.3) is 5.91 Å². The zero-order valence-corrected chi connectivity index (χ0v) is 11.8. The number of hydrogen-bond acceptors (Lipinski definition) is 4. The van der Waals surface area contributed by atoms with Crippen molar-refractivity contribution in [2.24, 2.45) is 0 Å². The largest absolute Gasteiger partial charge is 0.467 e. The van der Waals surface area contributed by atoms with Crippen molar-refractivity contribution in [3.8, 4) is 5.88 Å². The molecule has 2 rings (SSSR count). The number of ether oxygens (including phenoxy) is 1. The Labute approximate surface area is 118 Å². The number of fused-ring (bicyclic) bond motifs is 1. The highest BCUT2D eigenvalue weighted by molar-refractivity contribution is 5.84. The van der Waals surface area contributed by atoms with Crippen molar-refractivity contribution in [1.29, 1.82) is 0 Å². The minimum absolute atomic E-state index is 0.0327. The van der Waals surface area contributed by atoms with Crippen LogP contribution in [0.25, 0.3) is 10.9 Å². The molecule has 2 aromatic rings. The van der Waals surface area contributed by atoms with Gasteiger partial charge < -0.3 is 10.1 Å². The molecule has 106 valence electrons. The van der Waals surface area contributed by atoms with E-state index in [1.54, 1.807) is 0 Å². The Kier molecular flexibility index (Phi) is 4.87. The van der Waals surface area contributed by atoms with Crippen molar-refractivity contribution in [2.45, 2.75) is 32.7 Å². The summed E-state index contributed by atoms with van der Waals surface area (Å²) in [5, 5.41) is 3.70. The molecule has 0 saturated heterocycles. The number of amides is 1. The number of benzene rings is 1. The first-order valence-electron chi connectivity index (χ1n) is 6.82. The van der Waals surface area contributed by atoms with Gasteiger partial charge in [-0.25, -0.2) is 9.97 Å². The average Bonchev–Trinajstić information content (AvgIpc) is 2.45. The summed E-state index contributed by atoms with van der Waals surface area (Å²) in [4.78, 5) is 20.0. The maximum absolute atomic E-state index is 11.8. The molecule has 0 aliphatic heterocycles. The van der Waals surface area contributed by atoms with Gasteiger partial charge in [0.1, 0.15) is 6.33 Å². The van der Waals surface area contributed by atoms with E-state index in [-0.39, 0.29) is 18.6 Å². The molecule has 1 heterocycles. The Morgan fingerprint density at radius 1 is 1.35 bits per heavy atom. The Bertz CT molecular complexity index is 581. The number of nitrogens with zero attached hydrogens (tertiary/aromatic N) is 2. The van der Waals surface area contributed by atoms with Crippen LogP contribution in [0, 0.1) is 0 Å². The van der Waals surface area contributed by atoms with Crippen molar-refractivity contribution >= 4 is 16.8 Å². The van der Waals surface area contributed by atoms with Gasteiger partial charge in [-0.15, -0.1) is 0 Å². The number of aromatic nitrogens is 2. The predicted octanol–water partition coefficient (Wildman–Crippen LogP) is 2.31. The molecule has 0 saturated carbocycles. The third-order valence-corrected chi connectivity index (χ3v) is 2.98. The topological polar surface area (TPSA) is 64.1 Å². The molecule has 0 aliphatic rings. The zero-order chi connectivity index (χ0) is 14.4. The van der Waals surface area contributed by atoms with Gasteiger partial charge in [0.2, 0.25) is 5.88 Å². The van der Waals surface area contributed by atoms with Crippen molar-refractivity contribution < 1.29 is 9.53 Å². The molecular weight excluding hydrogens is 254 g/mol. The van der Waals surface area contributed by atoms with Crippen LogP contribution < -0.4 is 10.1 Å². The highest BCUT2D eigenvalue weighted by Gasteiger charge is 2.09. The molecule has 20 heavy (non-hydrogen) atoms. The van der Waals surface area contributed by atoms with Gasteiger partial charge in [-0.05, 0) is 25.5 Å². The monoisotopic (exact) mass is 273 g/mol. The summed E-state index contributed by atoms with van der Waals surface area (Å²) in [6, 6.07) is 7.72. The lowest BCUT2D eigenvalue weighted by Gasteiger charge is -2.13. The number of carbonyl (C=O) groups excluding carboxylic acids is 1. The summed E-state index contributed by atoms with van der Waals surface area (Å²) in [5.41, 5.74) is 0.803. The summed E-state index contributed by atoms with van der Waals surface area (Å²) < 4.78 is 5.50. The predicted molar refractivity (Wildman–Crippen MR) is 77.5 cm³/mol. The fourth-order valence-corrected chi connectivity index (χ4v) is 2.05. The Morgan fingerprint density at radius 2 is 2.15 bits per heavy atom. The molecule has 0 bridgehead atoms.